The van der Waals surface area contributed by atoms with E-state index in [1.807, 2.05) is 0 Å². The van der Waals surface area contributed by atoms with E-state index in [2.05, 4.69) is 5.32 Å². The van der Waals surface area contributed by atoms with Crippen LogP contribution in [0.4, 0.5) is 5.69 Å². The molecule has 1 unspecified atom stereocenters. The highest BCUT2D eigenvalue weighted by molar-refractivity contribution is 5.89. The zero-order valence-corrected chi connectivity index (χ0v) is 8.23. The quantitative estimate of drug-likeness (QED) is 0.682. The van der Waals surface area contributed by atoms with Crippen molar-refractivity contribution in [2.24, 2.45) is 5.73 Å². The number of amides is 1. The lowest BCUT2D eigenvalue weighted by molar-refractivity contribution is -0.138. The van der Waals surface area contributed by atoms with E-state index in [1.165, 1.54) is 6.92 Å². The number of carbonyl (C=O) groups is 2. The molecule has 0 saturated carbocycles. The Hall–Kier alpha value is -1.88. The van der Waals surface area contributed by atoms with Gasteiger partial charge < -0.3 is 16.2 Å². The van der Waals surface area contributed by atoms with E-state index in [1.54, 1.807) is 24.3 Å². The maximum Gasteiger partial charge on any atom is 0.325 e. The maximum atomic E-state index is 10.8. The van der Waals surface area contributed by atoms with Crippen LogP contribution in [0.15, 0.2) is 24.3 Å². The van der Waals surface area contributed by atoms with Gasteiger partial charge in [0.05, 0.1) is 0 Å². The highest BCUT2D eigenvalue weighted by Gasteiger charge is 2.14. The molecule has 1 aromatic carbocycles. The average Bonchev–Trinajstić information content (AvgIpc) is 2.16. The SMILES string of the molecule is CC(=O)Nc1cccc(C(N)C(=O)O)c1. The van der Waals surface area contributed by atoms with Crippen LogP contribution in [0.25, 0.3) is 0 Å². The van der Waals surface area contributed by atoms with Crippen molar-refractivity contribution < 1.29 is 14.7 Å². The molecule has 0 radical (unpaired) electrons. The Morgan fingerprint density at radius 3 is 2.67 bits per heavy atom. The lowest BCUT2D eigenvalue weighted by atomic mass is 10.1. The Kier molecular flexibility index (Phi) is 3.41. The Bertz CT molecular complexity index is 390. The predicted octanol–water partition coefficient (Wildman–Crippen LogP) is 0.729. The molecule has 0 saturated heterocycles. The lowest BCUT2D eigenvalue weighted by Crippen LogP contribution is -2.20. The van der Waals surface area contributed by atoms with E-state index in [4.69, 9.17) is 10.8 Å². The first kappa shape index (κ1) is 11.2. The van der Waals surface area contributed by atoms with E-state index in [0.29, 0.717) is 11.3 Å². The first-order valence-electron chi connectivity index (χ1n) is 4.36. The number of anilines is 1. The van der Waals surface area contributed by atoms with Gasteiger partial charge in [-0.3, -0.25) is 9.59 Å². The van der Waals surface area contributed by atoms with Crippen molar-refractivity contribution in [2.45, 2.75) is 13.0 Å². The summed E-state index contributed by atoms with van der Waals surface area (Å²) in [6, 6.07) is 5.38. The highest BCUT2D eigenvalue weighted by Crippen LogP contribution is 2.16. The van der Waals surface area contributed by atoms with E-state index in [0.717, 1.165) is 0 Å². The van der Waals surface area contributed by atoms with Crippen molar-refractivity contribution in [1.29, 1.82) is 0 Å². The van der Waals surface area contributed by atoms with Gasteiger partial charge in [-0.15, -0.1) is 0 Å². The number of carboxylic acid groups (broad SMARTS) is 1. The summed E-state index contributed by atoms with van der Waals surface area (Å²) in [7, 11) is 0. The largest absolute Gasteiger partial charge is 0.480 e. The van der Waals surface area contributed by atoms with Gasteiger partial charge >= 0.3 is 5.97 Å². The Morgan fingerprint density at radius 2 is 2.13 bits per heavy atom. The van der Waals surface area contributed by atoms with Crippen molar-refractivity contribution in [2.75, 3.05) is 5.32 Å². The Labute approximate surface area is 86.9 Å². The smallest absolute Gasteiger partial charge is 0.325 e. The number of rotatable bonds is 3. The number of nitrogens with two attached hydrogens (primary N) is 1. The van der Waals surface area contributed by atoms with Gasteiger partial charge in [-0.2, -0.15) is 0 Å². The summed E-state index contributed by atoms with van der Waals surface area (Å²) < 4.78 is 0. The second kappa shape index (κ2) is 4.56. The minimum atomic E-state index is -1.10. The van der Waals surface area contributed by atoms with Crippen LogP contribution >= 0.6 is 0 Å². The normalized spacial score (nSPS) is 11.9. The monoisotopic (exact) mass is 208 g/mol. The van der Waals surface area contributed by atoms with Crippen LogP contribution in [-0.2, 0) is 9.59 Å². The molecule has 0 aliphatic heterocycles. The fraction of sp³-hybridized carbons (Fsp3) is 0.200. The zero-order valence-electron chi connectivity index (χ0n) is 8.23. The van der Waals surface area contributed by atoms with Gasteiger partial charge in [0.1, 0.15) is 6.04 Å². The van der Waals surface area contributed by atoms with E-state index >= 15 is 0 Å². The Morgan fingerprint density at radius 1 is 1.47 bits per heavy atom. The van der Waals surface area contributed by atoms with Gasteiger partial charge in [-0.1, -0.05) is 12.1 Å². The first-order chi connectivity index (χ1) is 7.00. The standard InChI is InChI=1S/C10H12N2O3/c1-6(13)12-8-4-2-3-7(5-8)9(11)10(14)15/h2-5,9H,11H2,1H3,(H,12,13)(H,14,15). The third kappa shape index (κ3) is 3.07. The minimum absolute atomic E-state index is 0.212. The minimum Gasteiger partial charge on any atom is -0.480 e. The third-order valence-electron chi connectivity index (χ3n) is 1.83. The van der Waals surface area contributed by atoms with Crippen LogP contribution in [0.3, 0.4) is 0 Å². The van der Waals surface area contributed by atoms with Crippen LogP contribution in [0, 0.1) is 0 Å². The third-order valence-corrected chi connectivity index (χ3v) is 1.83. The molecule has 1 rings (SSSR count). The van der Waals surface area contributed by atoms with Crippen molar-refractivity contribution >= 4 is 17.6 Å². The molecular weight excluding hydrogens is 196 g/mol. The van der Waals surface area contributed by atoms with Gasteiger partial charge in [-0.25, -0.2) is 0 Å². The van der Waals surface area contributed by atoms with Crippen LogP contribution < -0.4 is 11.1 Å². The molecule has 1 atom stereocenters. The topological polar surface area (TPSA) is 92.4 Å². The van der Waals surface area contributed by atoms with Gasteiger partial charge in [0.15, 0.2) is 0 Å². The second-order valence-electron chi connectivity index (χ2n) is 3.12. The van der Waals surface area contributed by atoms with E-state index in [9.17, 15) is 9.59 Å². The molecule has 0 spiro atoms. The number of hydrogen-bond donors (Lipinski definition) is 3. The molecule has 0 bridgehead atoms. The summed E-state index contributed by atoms with van der Waals surface area (Å²) in [5.41, 5.74) is 6.42. The summed E-state index contributed by atoms with van der Waals surface area (Å²) in [6.45, 7) is 1.38. The molecule has 0 heterocycles. The fourth-order valence-electron chi connectivity index (χ4n) is 1.16. The van der Waals surface area contributed by atoms with Crippen LogP contribution in [-0.4, -0.2) is 17.0 Å². The highest BCUT2D eigenvalue weighted by atomic mass is 16.4. The molecular formula is C10H12N2O3. The molecule has 4 N–H and O–H groups in total. The van der Waals surface area contributed by atoms with Crippen LogP contribution in [0.5, 0.6) is 0 Å². The van der Waals surface area contributed by atoms with Crippen molar-refractivity contribution in [3.8, 4) is 0 Å². The van der Waals surface area contributed by atoms with Gasteiger partial charge in [0, 0.05) is 12.6 Å². The van der Waals surface area contributed by atoms with E-state index in [-0.39, 0.29) is 5.91 Å². The molecule has 5 heteroatoms. The molecule has 0 aliphatic carbocycles. The first-order valence-corrected chi connectivity index (χ1v) is 4.36. The number of benzene rings is 1. The molecule has 0 aromatic heterocycles. The van der Waals surface area contributed by atoms with Crippen molar-refractivity contribution in [1.82, 2.24) is 0 Å². The van der Waals surface area contributed by atoms with Crippen LogP contribution in [0.1, 0.15) is 18.5 Å². The zero-order chi connectivity index (χ0) is 11.4. The molecule has 15 heavy (non-hydrogen) atoms. The molecule has 0 fully saturated rings. The number of aliphatic carboxylic acids is 1. The Balaban J connectivity index is 2.92. The summed E-state index contributed by atoms with van der Waals surface area (Å²) in [5, 5.41) is 11.2. The summed E-state index contributed by atoms with van der Waals surface area (Å²) in [5.74, 6) is -1.31. The van der Waals surface area contributed by atoms with Crippen molar-refractivity contribution in [3.63, 3.8) is 0 Å². The lowest BCUT2D eigenvalue weighted by Gasteiger charge is -2.08. The van der Waals surface area contributed by atoms with Gasteiger partial charge in [0.2, 0.25) is 5.91 Å². The molecule has 1 aromatic rings. The number of nitrogens with one attached hydrogen (secondary N) is 1. The number of carbonyl (C=O) groups excluding carboxylic acids is 1. The molecule has 1 amide bonds. The molecule has 0 aliphatic rings. The van der Waals surface area contributed by atoms with Crippen LogP contribution in [0.2, 0.25) is 0 Å². The van der Waals surface area contributed by atoms with E-state index < -0.39 is 12.0 Å². The predicted molar refractivity (Wildman–Crippen MR) is 55.3 cm³/mol. The number of carboxylic acids is 1. The fourth-order valence-corrected chi connectivity index (χ4v) is 1.16. The molecule has 80 valence electrons. The summed E-state index contributed by atoms with van der Waals surface area (Å²) in [4.78, 5) is 21.4. The molecule has 5 nitrogen and oxygen atoms in total. The average molecular weight is 208 g/mol. The maximum absolute atomic E-state index is 10.8. The number of hydrogen-bond acceptors (Lipinski definition) is 3. The van der Waals surface area contributed by atoms with Gasteiger partial charge in [-0.05, 0) is 17.7 Å². The van der Waals surface area contributed by atoms with Crippen molar-refractivity contribution in [3.05, 3.63) is 29.8 Å². The summed E-state index contributed by atoms with van der Waals surface area (Å²) in [6.07, 6.45) is 0. The summed E-state index contributed by atoms with van der Waals surface area (Å²) >= 11 is 0. The second-order valence-corrected chi connectivity index (χ2v) is 3.12. The van der Waals surface area contributed by atoms with Gasteiger partial charge in [0.25, 0.3) is 0 Å².